The number of allylic oxidation sites excluding steroid dienone is 1. The molecule has 6 heteroatoms. The van der Waals surface area contributed by atoms with Crippen LogP contribution < -0.4 is 16.8 Å². The van der Waals surface area contributed by atoms with Crippen molar-refractivity contribution < 1.29 is 4.79 Å². The fourth-order valence-corrected chi connectivity index (χ4v) is 3.88. The molecule has 0 unspecified atom stereocenters. The highest BCUT2D eigenvalue weighted by atomic mass is 32.2. The van der Waals surface area contributed by atoms with Crippen LogP contribution >= 0.6 is 11.8 Å². The van der Waals surface area contributed by atoms with E-state index >= 15 is 0 Å². The molecule has 0 aromatic rings. The third kappa shape index (κ3) is 2.08. The minimum absolute atomic E-state index is 0.360. The van der Waals surface area contributed by atoms with E-state index in [1.165, 1.54) is 11.8 Å². The molecule has 2 aliphatic rings. The van der Waals surface area contributed by atoms with E-state index in [4.69, 9.17) is 11.5 Å². The Morgan fingerprint density at radius 3 is 2.53 bits per heavy atom. The van der Waals surface area contributed by atoms with E-state index in [0.29, 0.717) is 22.0 Å². The summed E-state index contributed by atoms with van der Waals surface area (Å²) in [7, 11) is 0. The number of carbonyl (C=O) groups is 1. The molecule has 1 spiro atoms. The van der Waals surface area contributed by atoms with Gasteiger partial charge in [0.2, 0.25) is 5.91 Å². The van der Waals surface area contributed by atoms with Crippen molar-refractivity contribution in [3.63, 3.8) is 0 Å². The van der Waals surface area contributed by atoms with Crippen molar-refractivity contribution >= 4 is 17.7 Å². The summed E-state index contributed by atoms with van der Waals surface area (Å²) in [6, 6.07) is 2.18. The lowest BCUT2D eigenvalue weighted by Gasteiger charge is -2.42. The van der Waals surface area contributed by atoms with Crippen LogP contribution in [0.2, 0.25) is 0 Å². The van der Waals surface area contributed by atoms with Gasteiger partial charge in [-0.3, -0.25) is 4.79 Å². The molecule has 0 aromatic heterocycles. The summed E-state index contributed by atoms with van der Waals surface area (Å²) < 4.78 is 0. The van der Waals surface area contributed by atoms with Gasteiger partial charge >= 0.3 is 0 Å². The van der Waals surface area contributed by atoms with Gasteiger partial charge in [-0.05, 0) is 19.1 Å². The van der Waals surface area contributed by atoms with Crippen LogP contribution in [0.15, 0.2) is 22.0 Å². The van der Waals surface area contributed by atoms with Crippen molar-refractivity contribution in [1.82, 2.24) is 5.32 Å². The lowest BCUT2D eigenvalue weighted by Crippen LogP contribution is -2.43. The van der Waals surface area contributed by atoms with Crippen LogP contribution in [0.25, 0.3) is 0 Å². The van der Waals surface area contributed by atoms with Crippen LogP contribution in [0.1, 0.15) is 32.1 Å². The highest BCUT2D eigenvalue weighted by Gasteiger charge is 2.47. The Morgan fingerprint density at radius 2 is 2.05 bits per heavy atom. The first-order valence-electron chi connectivity index (χ1n) is 6.32. The van der Waals surface area contributed by atoms with Gasteiger partial charge in [-0.15, -0.1) is 11.8 Å². The third-order valence-corrected chi connectivity index (χ3v) is 4.69. The summed E-state index contributed by atoms with van der Waals surface area (Å²) in [4.78, 5) is 11.9. The van der Waals surface area contributed by atoms with Crippen LogP contribution in [0.4, 0.5) is 0 Å². The first kappa shape index (κ1) is 13.8. The lowest BCUT2D eigenvalue weighted by molar-refractivity contribution is -0.115. The summed E-state index contributed by atoms with van der Waals surface area (Å²) in [5, 5.41) is 13.1. The highest BCUT2D eigenvalue weighted by Crippen LogP contribution is 2.51. The average Bonchev–Trinajstić information content (AvgIpc) is 2.38. The second-order valence-electron chi connectivity index (χ2n) is 4.94. The van der Waals surface area contributed by atoms with Gasteiger partial charge in [0.1, 0.15) is 5.82 Å². The third-order valence-electron chi connectivity index (χ3n) is 3.97. The number of nitrogens with two attached hydrogens (primary N) is 2. The molecule has 5 N–H and O–H groups in total. The Hall–Kier alpha value is -1.61. The molecule has 0 radical (unpaired) electrons. The number of nitriles is 1. The Morgan fingerprint density at radius 1 is 1.42 bits per heavy atom. The minimum Gasteiger partial charge on any atom is -0.384 e. The number of nitrogens with one attached hydrogen (secondary N) is 1. The van der Waals surface area contributed by atoms with Crippen LogP contribution in [-0.2, 0) is 4.79 Å². The SMILES string of the molecule is CSC1=C(C(N)=O)C2(CCCCC2)C(C#N)=C(N)N1. The molecule has 1 saturated carbocycles. The average molecular weight is 278 g/mol. The normalized spacial score (nSPS) is 22.1. The summed E-state index contributed by atoms with van der Waals surface area (Å²) in [6.45, 7) is 0. The number of nitrogens with zero attached hydrogens (tertiary/aromatic N) is 1. The maximum Gasteiger partial charge on any atom is 0.248 e. The van der Waals surface area contributed by atoms with E-state index in [1.807, 2.05) is 6.26 Å². The van der Waals surface area contributed by atoms with Gasteiger partial charge < -0.3 is 16.8 Å². The van der Waals surface area contributed by atoms with E-state index < -0.39 is 11.3 Å². The lowest BCUT2D eigenvalue weighted by atomic mass is 9.63. The van der Waals surface area contributed by atoms with Crippen molar-refractivity contribution in [2.45, 2.75) is 32.1 Å². The van der Waals surface area contributed by atoms with E-state index in [9.17, 15) is 10.1 Å². The molecule has 1 aliphatic carbocycles. The van der Waals surface area contributed by atoms with E-state index in [-0.39, 0.29) is 0 Å². The first-order chi connectivity index (χ1) is 9.06. The van der Waals surface area contributed by atoms with E-state index in [2.05, 4.69) is 11.4 Å². The molecular weight excluding hydrogens is 260 g/mol. The second kappa shape index (κ2) is 5.17. The Labute approximate surface area is 117 Å². The zero-order valence-corrected chi connectivity index (χ0v) is 11.8. The summed E-state index contributed by atoms with van der Waals surface area (Å²) in [5.41, 5.74) is 12.0. The van der Waals surface area contributed by atoms with Crippen molar-refractivity contribution in [2.75, 3.05) is 6.26 Å². The fraction of sp³-hybridized carbons (Fsp3) is 0.538. The molecule has 2 rings (SSSR count). The number of hydrogen-bond donors (Lipinski definition) is 3. The highest BCUT2D eigenvalue weighted by molar-refractivity contribution is 8.02. The predicted molar refractivity (Wildman–Crippen MR) is 75.2 cm³/mol. The Kier molecular flexibility index (Phi) is 3.76. The molecule has 1 amide bonds. The van der Waals surface area contributed by atoms with Crippen molar-refractivity contribution in [2.24, 2.45) is 16.9 Å². The molecule has 0 bridgehead atoms. The number of dihydropyridines is 1. The first-order valence-corrected chi connectivity index (χ1v) is 7.55. The zero-order valence-electron chi connectivity index (χ0n) is 11.0. The molecule has 1 heterocycles. The second-order valence-corrected chi connectivity index (χ2v) is 5.76. The molecule has 0 saturated heterocycles. The van der Waals surface area contributed by atoms with Gasteiger partial charge in [-0.25, -0.2) is 0 Å². The van der Waals surface area contributed by atoms with E-state index in [1.54, 1.807) is 0 Å². The van der Waals surface area contributed by atoms with Gasteiger partial charge in [-0.2, -0.15) is 5.26 Å². The standard InChI is InChI=1S/C13H18N4OS/c1-19-12-9(11(16)18)13(5-3-2-4-6-13)8(7-14)10(15)17-12/h17H,2-6,15H2,1H3,(H2,16,18). The minimum atomic E-state index is -0.577. The van der Waals surface area contributed by atoms with E-state index in [0.717, 1.165) is 32.1 Å². The van der Waals surface area contributed by atoms with Crippen molar-refractivity contribution in [1.29, 1.82) is 5.26 Å². The summed E-state index contributed by atoms with van der Waals surface area (Å²) in [5.74, 6) is -0.0993. The largest absolute Gasteiger partial charge is 0.384 e. The van der Waals surface area contributed by atoms with Gasteiger partial charge in [-0.1, -0.05) is 19.3 Å². The Balaban J connectivity index is 2.63. The van der Waals surface area contributed by atoms with Gasteiger partial charge in [0.25, 0.3) is 0 Å². The predicted octanol–water partition coefficient (Wildman–Crippen LogP) is 1.29. The van der Waals surface area contributed by atoms with Gasteiger partial charge in [0.05, 0.1) is 22.2 Å². The smallest absolute Gasteiger partial charge is 0.248 e. The topological polar surface area (TPSA) is 105 Å². The van der Waals surface area contributed by atoms with Crippen LogP contribution in [0, 0.1) is 16.7 Å². The van der Waals surface area contributed by atoms with Gasteiger partial charge in [0, 0.05) is 5.41 Å². The van der Waals surface area contributed by atoms with Crippen LogP contribution in [0.5, 0.6) is 0 Å². The number of thioether (sulfide) groups is 1. The number of carbonyl (C=O) groups excluding carboxylic acids is 1. The molecule has 0 aromatic carbocycles. The molecule has 19 heavy (non-hydrogen) atoms. The molecule has 102 valence electrons. The zero-order chi connectivity index (χ0) is 14.0. The van der Waals surface area contributed by atoms with Crippen molar-refractivity contribution in [3.8, 4) is 6.07 Å². The maximum atomic E-state index is 11.9. The van der Waals surface area contributed by atoms with Crippen molar-refractivity contribution in [3.05, 3.63) is 22.0 Å². The number of hydrogen-bond acceptors (Lipinski definition) is 5. The molecule has 0 atom stereocenters. The number of amides is 1. The molecule has 1 aliphatic heterocycles. The fourth-order valence-electron chi connectivity index (χ4n) is 3.17. The molecule has 1 fully saturated rings. The van der Waals surface area contributed by atoms with Crippen LogP contribution in [0.3, 0.4) is 0 Å². The van der Waals surface area contributed by atoms with Gasteiger partial charge in [0.15, 0.2) is 0 Å². The quantitative estimate of drug-likeness (QED) is 0.706. The summed E-state index contributed by atoms with van der Waals surface area (Å²) in [6.07, 6.45) is 6.48. The number of primary amides is 1. The maximum absolute atomic E-state index is 11.9. The molecular formula is C13H18N4OS. The summed E-state index contributed by atoms with van der Waals surface area (Å²) >= 11 is 1.41. The monoisotopic (exact) mass is 278 g/mol. The van der Waals surface area contributed by atoms with Crippen LogP contribution in [-0.4, -0.2) is 12.2 Å². The Bertz CT molecular complexity index is 509. The number of rotatable bonds is 2. The molecule has 5 nitrogen and oxygen atoms in total.